The Kier molecular flexibility index (Phi) is 4.04. The van der Waals surface area contributed by atoms with Crippen molar-refractivity contribution in [3.8, 4) is 0 Å². The van der Waals surface area contributed by atoms with E-state index in [0.717, 1.165) is 12.8 Å². The first-order valence-electron chi connectivity index (χ1n) is 8.61. The number of carbonyl (C=O) groups is 1. The zero-order chi connectivity index (χ0) is 17.6. The van der Waals surface area contributed by atoms with Gasteiger partial charge < -0.3 is 9.32 Å². The molecule has 1 saturated carbocycles. The van der Waals surface area contributed by atoms with Crippen molar-refractivity contribution in [2.24, 2.45) is 5.92 Å². The van der Waals surface area contributed by atoms with Crippen molar-refractivity contribution in [1.82, 2.24) is 14.2 Å². The Morgan fingerprint density at radius 2 is 2.00 bits per heavy atom. The van der Waals surface area contributed by atoms with Gasteiger partial charge in [0.1, 0.15) is 5.52 Å². The molecule has 1 saturated heterocycles. The van der Waals surface area contributed by atoms with E-state index in [0.29, 0.717) is 49.6 Å². The second-order valence-electron chi connectivity index (χ2n) is 6.72. The number of carbonyl (C=O) groups excluding carboxylic acids is 1. The molecule has 0 bridgehead atoms. The molecule has 25 heavy (non-hydrogen) atoms. The summed E-state index contributed by atoms with van der Waals surface area (Å²) in [5, 5.41) is 0. The average molecular weight is 363 g/mol. The lowest BCUT2D eigenvalue weighted by Gasteiger charge is -2.22. The van der Waals surface area contributed by atoms with Gasteiger partial charge in [-0.05, 0) is 31.4 Å². The Morgan fingerprint density at radius 1 is 1.20 bits per heavy atom. The van der Waals surface area contributed by atoms with Crippen molar-refractivity contribution in [2.45, 2.75) is 31.1 Å². The third kappa shape index (κ3) is 3.16. The number of rotatable bonds is 3. The van der Waals surface area contributed by atoms with E-state index in [9.17, 15) is 13.2 Å². The first-order valence-corrected chi connectivity index (χ1v) is 10.1. The molecule has 1 aliphatic carbocycles. The molecule has 1 aromatic carbocycles. The maximum Gasteiger partial charge on any atom is 0.243 e. The SMILES string of the molecule is Cc1nc2ccc(S(=O)(=O)N3CCCN(C(=O)C4CC4)CC3)cc2o1. The molecule has 4 rings (SSSR count). The van der Waals surface area contributed by atoms with Gasteiger partial charge in [0.25, 0.3) is 0 Å². The van der Waals surface area contributed by atoms with Crippen LogP contribution in [-0.2, 0) is 14.8 Å². The summed E-state index contributed by atoms with van der Waals surface area (Å²) in [6, 6.07) is 4.76. The highest BCUT2D eigenvalue weighted by Gasteiger charge is 2.35. The quantitative estimate of drug-likeness (QED) is 0.830. The van der Waals surface area contributed by atoms with Crippen LogP contribution in [0.2, 0.25) is 0 Å². The monoisotopic (exact) mass is 363 g/mol. The molecule has 1 amide bonds. The predicted octanol–water partition coefficient (Wildman–Crippen LogP) is 1.77. The number of hydrogen-bond donors (Lipinski definition) is 0. The van der Waals surface area contributed by atoms with Crippen LogP contribution in [0.3, 0.4) is 0 Å². The molecule has 1 aromatic heterocycles. The van der Waals surface area contributed by atoms with E-state index in [1.54, 1.807) is 19.1 Å². The molecule has 0 spiro atoms. The number of oxazole rings is 1. The van der Waals surface area contributed by atoms with Crippen LogP contribution in [0.4, 0.5) is 0 Å². The summed E-state index contributed by atoms with van der Waals surface area (Å²) in [7, 11) is -3.61. The molecule has 2 aromatic rings. The van der Waals surface area contributed by atoms with Gasteiger partial charge in [0.15, 0.2) is 11.5 Å². The fourth-order valence-electron chi connectivity index (χ4n) is 3.27. The molecular formula is C17H21N3O4S. The van der Waals surface area contributed by atoms with Crippen molar-refractivity contribution < 1.29 is 17.6 Å². The molecule has 8 heteroatoms. The normalized spacial score (nSPS) is 20.0. The standard InChI is InChI=1S/C17H21N3O4S/c1-12-18-15-6-5-14(11-16(15)24-12)25(22,23)20-8-2-7-19(9-10-20)17(21)13-3-4-13/h5-6,11,13H,2-4,7-10H2,1H3. The number of amides is 1. The van der Waals surface area contributed by atoms with E-state index in [-0.39, 0.29) is 16.7 Å². The van der Waals surface area contributed by atoms with Crippen molar-refractivity contribution in [3.05, 3.63) is 24.1 Å². The lowest BCUT2D eigenvalue weighted by molar-refractivity contribution is -0.132. The summed E-state index contributed by atoms with van der Waals surface area (Å²) in [5.74, 6) is 0.853. The van der Waals surface area contributed by atoms with E-state index in [1.165, 1.54) is 10.4 Å². The fourth-order valence-corrected chi connectivity index (χ4v) is 4.76. The topological polar surface area (TPSA) is 83.7 Å². The Bertz CT molecular complexity index is 917. The van der Waals surface area contributed by atoms with E-state index in [4.69, 9.17) is 4.42 Å². The molecule has 0 N–H and O–H groups in total. The van der Waals surface area contributed by atoms with E-state index in [2.05, 4.69) is 4.98 Å². The van der Waals surface area contributed by atoms with Crippen molar-refractivity contribution in [1.29, 1.82) is 0 Å². The predicted molar refractivity (Wildman–Crippen MR) is 91.4 cm³/mol. The molecule has 0 unspecified atom stereocenters. The lowest BCUT2D eigenvalue weighted by Crippen LogP contribution is -2.37. The summed E-state index contributed by atoms with van der Waals surface area (Å²) in [6.07, 6.45) is 2.59. The molecule has 2 fully saturated rings. The number of fused-ring (bicyclic) bond motifs is 1. The highest BCUT2D eigenvalue weighted by Crippen LogP contribution is 2.31. The van der Waals surface area contributed by atoms with Crippen molar-refractivity contribution >= 4 is 27.0 Å². The first kappa shape index (κ1) is 16.5. The maximum atomic E-state index is 13.0. The van der Waals surface area contributed by atoms with Gasteiger partial charge in [0, 0.05) is 45.1 Å². The van der Waals surface area contributed by atoms with Crippen LogP contribution in [0.5, 0.6) is 0 Å². The fraction of sp³-hybridized carbons (Fsp3) is 0.529. The second-order valence-corrected chi connectivity index (χ2v) is 8.66. The molecule has 0 atom stereocenters. The molecule has 134 valence electrons. The Labute approximate surface area is 146 Å². The van der Waals surface area contributed by atoms with Gasteiger partial charge in [-0.3, -0.25) is 4.79 Å². The molecule has 2 aliphatic rings. The smallest absolute Gasteiger partial charge is 0.243 e. The number of aryl methyl sites for hydroxylation is 1. The third-order valence-electron chi connectivity index (χ3n) is 4.80. The molecule has 0 radical (unpaired) electrons. The van der Waals surface area contributed by atoms with Gasteiger partial charge in [-0.1, -0.05) is 0 Å². The van der Waals surface area contributed by atoms with Crippen LogP contribution < -0.4 is 0 Å². The zero-order valence-electron chi connectivity index (χ0n) is 14.1. The molecule has 2 heterocycles. The van der Waals surface area contributed by atoms with Gasteiger partial charge in [-0.15, -0.1) is 0 Å². The van der Waals surface area contributed by atoms with Gasteiger partial charge in [-0.25, -0.2) is 13.4 Å². The number of sulfonamides is 1. The summed E-state index contributed by atoms with van der Waals surface area (Å²) >= 11 is 0. The van der Waals surface area contributed by atoms with E-state index >= 15 is 0 Å². The minimum atomic E-state index is -3.61. The second kappa shape index (κ2) is 6.10. The van der Waals surface area contributed by atoms with E-state index < -0.39 is 10.0 Å². The largest absolute Gasteiger partial charge is 0.441 e. The highest BCUT2D eigenvalue weighted by atomic mass is 32.2. The molecule has 1 aliphatic heterocycles. The van der Waals surface area contributed by atoms with Crippen LogP contribution in [0.25, 0.3) is 11.1 Å². The van der Waals surface area contributed by atoms with Gasteiger partial charge in [0.05, 0.1) is 4.90 Å². The third-order valence-corrected chi connectivity index (χ3v) is 6.69. The van der Waals surface area contributed by atoms with Crippen LogP contribution in [0.15, 0.2) is 27.5 Å². The summed E-state index contributed by atoms with van der Waals surface area (Å²) < 4.78 is 32.9. The number of nitrogens with zero attached hydrogens (tertiary/aromatic N) is 3. The van der Waals surface area contributed by atoms with Gasteiger partial charge in [-0.2, -0.15) is 4.31 Å². The van der Waals surface area contributed by atoms with Crippen molar-refractivity contribution in [3.63, 3.8) is 0 Å². The Morgan fingerprint density at radius 3 is 2.76 bits per heavy atom. The summed E-state index contributed by atoms with van der Waals surface area (Å²) in [4.78, 5) is 18.4. The lowest BCUT2D eigenvalue weighted by atomic mass is 10.3. The number of aromatic nitrogens is 1. The molecule has 7 nitrogen and oxygen atoms in total. The van der Waals surface area contributed by atoms with Gasteiger partial charge >= 0.3 is 0 Å². The number of benzene rings is 1. The first-order chi connectivity index (χ1) is 11.9. The average Bonchev–Trinajstić information content (AvgIpc) is 3.37. The van der Waals surface area contributed by atoms with Crippen molar-refractivity contribution in [2.75, 3.05) is 26.2 Å². The van der Waals surface area contributed by atoms with Crippen LogP contribution in [0.1, 0.15) is 25.2 Å². The van der Waals surface area contributed by atoms with E-state index in [1.807, 2.05) is 4.90 Å². The highest BCUT2D eigenvalue weighted by molar-refractivity contribution is 7.89. The van der Waals surface area contributed by atoms with Gasteiger partial charge in [0.2, 0.25) is 15.9 Å². The van der Waals surface area contributed by atoms with Crippen LogP contribution in [-0.4, -0.2) is 54.7 Å². The maximum absolute atomic E-state index is 13.0. The Hall–Kier alpha value is -1.93. The number of hydrogen-bond acceptors (Lipinski definition) is 5. The Balaban J connectivity index is 1.55. The summed E-state index contributed by atoms with van der Waals surface area (Å²) in [5.41, 5.74) is 1.12. The van der Waals surface area contributed by atoms with Crippen LogP contribution in [0, 0.1) is 12.8 Å². The molecular weight excluding hydrogens is 342 g/mol. The minimum absolute atomic E-state index is 0.167. The zero-order valence-corrected chi connectivity index (χ0v) is 15.0. The van der Waals surface area contributed by atoms with Crippen LogP contribution >= 0.6 is 0 Å². The summed E-state index contributed by atoms with van der Waals surface area (Å²) in [6.45, 7) is 3.56. The minimum Gasteiger partial charge on any atom is -0.441 e.